The molecule has 37 nitrogen and oxygen atoms in total. The Bertz CT molecular complexity index is 7350. The number of likely N-dealkylation sites (N-methyl/N-ethyl adjacent to an activating group) is 5. The molecule has 5 aliphatic heterocycles. The van der Waals surface area contributed by atoms with E-state index in [1.807, 2.05) is 50.1 Å². The van der Waals surface area contributed by atoms with Gasteiger partial charge in [-0.3, -0.25) is 4.79 Å². The summed E-state index contributed by atoms with van der Waals surface area (Å²) in [5, 5.41) is 3.26. The van der Waals surface area contributed by atoms with Crippen molar-refractivity contribution in [1.29, 1.82) is 0 Å². The normalized spacial score (nSPS) is 13.8. The van der Waals surface area contributed by atoms with Gasteiger partial charge in [0.2, 0.25) is 5.56 Å². The first-order valence-corrected chi connectivity index (χ1v) is 48.9. The molecule has 0 aliphatic carbocycles. The van der Waals surface area contributed by atoms with E-state index >= 15 is 0 Å². The van der Waals surface area contributed by atoms with Crippen LogP contribution in [0.25, 0.3) is 56.3 Å². The average Bonchev–Trinajstić information content (AvgIpc) is 0.797. The van der Waals surface area contributed by atoms with E-state index in [4.69, 9.17) is 85.3 Å². The number of methoxy groups -OCH3 is 1. The SMILES string of the molecule is COc1cnc(N)cc1COc1nc(-c2cc(C)c3c(c2)CN(C)CC3)cnc1N.Cc1cc(-c2cnc(N)c(N(C)Cc3ccnc(N)c3)n2)cc2c1CCN(C)C2.Cc1cc(-c2cnc(N)c(NCc3ccnc(N)c3)n2)cc2c1CCN(C)C2.Cc1cc(-c2cnc(N)c(OCc3cc(N)ncc3OC(C)C)n2)cc2c1CCN(C)C2.Cc1cc(-c2cnc(N)c(OCc3cc[nH]c(=O)c3)n2)cc2c1CCN(C)C2. The van der Waals surface area contributed by atoms with Crippen LogP contribution in [0.5, 0.6) is 29.1 Å². The molecule has 20 N–H and O–H groups in total. The number of ether oxygens (including phenoxy) is 5. The second-order valence-electron chi connectivity index (χ2n) is 38.5. The predicted molar refractivity (Wildman–Crippen MR) is 580 cm³/mol. The lowest BCUT2D eigenvalue weighted by Gasteiger charge is -2.27. The number of pyridine rings is 5. The van der Waals surface area contributed by atoms with Crippen LogP contribution in [0.15, 0.2) is 176 Å². The van der Waals surface area contributed by atoms with Gasteiger partial charge in [0, 0.05) is 149 Å². The number of aryl methyl sites for hydroxylation is 5. The summed E-state index contributed by atoms with van der Waals surface area (Å²) in [6, 6.07) is 36.1. The fourth-order valence-electron chi connectivity index (χ4n) is 18.9. The summed E-state index contributed by atoms with van der Waals surface area (Å²) in [4.78, 5) is 88.9. The summed E-state index contributed by atoms with van der Waals surface area (Å²) in [5.41, 5.74) is 86.8. The second-order valence-corrected chi connectivity index (χ2v) is 38.5. The Kier molecular flexibility index (Phi) is 32.8. The monoisotopic (exact) mass is 1980 g/mol. The number of aromatic nitrogens is 15. The van der Waals surface area contributed by atoms with Crippen molar-refractivity contribution >= 4 is 64.0 Å². The molecule has 0 saturated carbocycles. The molecule has 0 saturated heterocycles. The van der Waals surface area contributed by atoms with Crippen LogP contribution in [0.1, 0.15) is 125 Å². The second kappa shape index (κ2) is 46.6. The number of benzene rings is 5. The maximum Gasteiger partial charge on any atom is 0.258 e. The van der Waals surface area contributed by atoms with Gasteiger partial charge in [0.25, 0.3) is 17.6 Å². The number of hydrogen-bond acceptors (Lipinski definition) is 36. The lowest BCUT2D eigenvalue weighted by Crippen LogP contribution is -2.27. The molecule has 37 heteroatoms. The minimum absolute atomic E-state index is 0.00124. The maximum absolute atomic E-state index is 11.4. The standard InChI is InChI=1S/C24H30N6O2.C22H27N7.C22H26N6O2.C21H25N7.C21H23N5O2/c1-14(2)32-21-11-27-22(25)9-18(21)13-31-24-23(26)28-10-20(29-24)16-7-15(3)19-5-6-30(4)12-17(19)8-16;1-14-8-16(10-17-13-28(2)7-5-18(14)17)19-11-26-21(24)22(27-19)29(3)12-15-4-6-25-20(23)9-15;1-13-6-14(7-15-11-28(2)5-4-17(13)15)18-9-26-21(24)22(27-18)30-12-16-8-20(23)25-10-19(16)29-3;1-13-7-15(9-16-12-28(2)6-4-17(13)16)18-11-25-20(23)21(27-18)26-10-14-3-5-24-19(22)8-14;1-13-7-15(9-16-11-26(2)6-4-17(13)16)18-10-24-20(22)21(25-18)28-12-14-3-5-23-19(27)8-14/h7-11,14H,5-6,12-13H2,1-4H3,(H2,25,27)(H2,26,28);4,6,8-11H,5,7,12-13H2,1-3H3,(H2,23,25)(H2,24,26);6-10H,4-5,11-12H2,1-3H3,(H2,23,25)(H2,24,26);3,5,7-9,11H,4,6,10,12H2,1-2H3,(H2,22,24)(H2,23,25)(H,26,27);3,5,7-10H,4,6,11-12H2,1-2H3,(H2,22,24)(H,23,27). The van der Waals surface area contributed by atoms with Crippen LogP contribution in [0.2, 0.25) is 0 Å². The lowest BCUT2D eigenvalue weighted by molar-refractivity contribution is 0.228. The van der Waals surface area contributed by atoms with Gasteiger partial charge in [0.1, 0.15) is 54.6 Å². The van der Waals surface area contributed by atoms with E-state index in [2.05, 4.69) is 225 Å². The fourth-order valence-corrected chi connectivity index (χ4v) is 18.9. The van der Waals surface area contributed by atoms with E-state index in [1.165, 1.54) is 89.5 Å². The highest BCUT2D eigenvalue weighted by Gasteiger charge is 2.27. The molecule has 762 valence electrons. The minimum atomic E-state index is -0.177. The van der Waals surface area contributed by atoms with Gasteiger partial charge < -0.3 is 115 Å². The number of nitrogen functional groups attached to an aromatic ring is 9. The van der Waals surface area contributed by atoms with Crippen molar-refractivity contribution in [2.75, 3.05) is 144 Å². The first-order valence-electron chi connectivity index (χ1n) is 48.9. The Hall–Kier alpha value is -16.4. The van der Waals surface area contributed by atoms with E-state index in [1.54, 1.807) is 87.3 Å². The molecule has 5 aliphatic rings. The van der Waals surface area contributed by atoms with E-state index in [9.17, 15) is 4.79 Å². The highest BCUT2D eigenvalue weighted by molar-refractivity contribution is 5.72. The molecule has 0 fully saturated rings. The average molecular weight is 1980 g/mol. The van der Waals surface area contributed by atoms with Crippen LogP contribution in [-0.4, -0.2) is 187 Å². The highest BCUT2D eigenvalue weighted by atomic mass is 16.5. The van der Waals surface area contributed by atoms with Crippen molar-refractivity contribution < 1.29 is 23.7 Å². The smallest absolute Gasteiger partial charge is 0.258 e. The third-order valence-electron chi connectivity index (χ3n) is 26.5. The molecule has 0 unspecified atom stereocenters. The van der Waals surface area contributed by atoms with Gasteiger partial charge in [-0.2, -0.15) is 0 Å². The van der Waals surface area contributed by atoms with Crippen LogP contribution >= 0.6 is 0 Å². The molecule has 0 spiro atoms. The first kappa shape index (κ1) is 104. The Labute approximate surface area is 856 Å². The zero-order valence-corrected chi connectivity index (χ0v) is 86.0. The van der Waals surface area contributed by atoms with Gasteiger partial charge in [0.05, 0.1) is 85.1 Å². The highest BCUT2D eigenvalue weighted by Crippen LogP contribution is 2.39. The Morgan fingerprint density at radius 2 is 0.728 bits per heavy atom. The summed E-state index contributed by atoms with van der Waals surface area (Å²) in [6.45, 7) is 26.6. The predicted octanol–water partition coefficient (Wildman–Crippen LogP) is 13.5. The topological polar surface area (TPSA) is 525 Å². The summed E-state index contributed by atoms with van der Waals surface area (Å²) in [6.07, 6.45) is 22.0. The molecule has 0 bridgehead atoms. The van der Waals surface area contributed by atoms with E-state index in [0.29, 0.717) is 76.8 Å². The summed E-state index contributed by atoms with van der Waals surface area (Å²) >= 11 is 0. The van der Waals surface area contributed by atoms with Crippen molar-refractivity contribution in [2.45, 2.75) is 152 Å². The Morgan fingerprint density at radius 3 is 1.12 bits per heavy atom. The van der Waals surface area contributed by atoms with Crippen molar-refractivity contribution in [3.63, 3.8) is 0 Å². The number of H-pyrrole nitrogens is 1. The summed E-state index contributed by atoms with van der Waals surface area (Å²) in [7, 11) is 14.3. The molecule has 0 radical (unpaired) electrons. The van der Waals surface area contributed by atoms with Gasteiger partial charge in [-0.1, -0.05) is 0 Å². The molecule has 15 heterocycles. The summed E-state index contributed by atoms with van der Waals surface area (Å²) < 4.78 is 28.7. The van der Waals surface area contributed by atoms with Crippen LogP contribution in [-0.2, 0) is 97.7 Å². The van der Waals surface area contributed by atoms with Gasteiger partial charge >= 0.3 is 0 Å². The molecule has 0 atom stereocenters. The molecular weight excluding hydrogens is 1850 g/mol. The largest absolute Gasteiger partial charge is 0.495 e. The zero-order valence-electron chi connectivity index (χ0n) is 86.0. The van der Waals surface area contributed by atoms with E-state index < -0.39 is 0 Å². The molecule has 10 aromatic heterocycles. The number of fused-ring (bicyclic) bond motifs is 5. The van der Waals surface area contributed by atoms with Crippen LogP contribution in [0, 0.1) is 34.6 Å². The van der Waals surface area contributed by atoms with E-state index in [0.717, 1.165) is 176 Å². The van der Waals surface area contributed by atoms with Crippen LogP contribution in [0.3, 0.4) is 0 Å². The number of aromatic amines is 1. The van der Waals surface area contributed by atoms with Gasteiger partial charge in [-0.25, -0.2) is 69.8 Å². The van der Waals surface area contributed by atoms with Crippen LogP contribution < -0.4 is 91.1 Å². The van der Waals surface area contributed by atoms with E-state index in [-0.39, 0.29) is 66.6 Å². The zero-order chi connectivity index (χ0) is 104. The molecule has 20 rings (SSSR count). The van der Waals surface area contributed by atoms with Crippen molar-refractivity contribution in [1.82, 2.24) is 99.3 Å². The van der Waals surface area contributed by atoms with Crippen molar-refractivity contribution in [3.05, 3.63) is 293 Å². The molecule has 5 aromatic carbocycles. The number of nitrogens with zero attached hydrogens (tertiary/aromatic N) is 20. The van der Waals surface area contributed by atoms with Crippen molar-refractivity contribution in [3.8, 4) is 85.4 Å². The number of rotatable bonds is 23. The maximum atomic E-state index is 11.4. The van der Waals surface area contributed by atoms with Gasteiger partial charge in [-0.15, -0.1) is 0 Å². The molecule has 0 amide bonds. The fraction of sp³-hybridized carbons (Fsp3) is 0.318. The van der Waals surface area contributed by atoms with Crippen LogP contribution in [0.4, 0.5) is 64.0 Å². The molecule has 147 heavy (non-hydrogen) atoms. The molecular formula is C110H131N31O6. The van der Waals surface area contributed by atoms with Gasteiger partial charge in [0.15, 0.2) is 40.7 Å². The van der Waals surface area contributed by atoms with Crippen molar-refractivity contribution in [2.24, 2.45) is 0 Å². The quantitative estimate of drug-likeness (QED) is 0.0283. The number of anilines is 11. The minimum Gasteiger partial charge on any atom is -0.495 e. The number of hydrogen-bond donors (Lipinski definition) is 11. The lowest BCUT2D eigenvalue weighted by atomic mass is 9.92. The third kappa shape index (κ3) is 26.3. The number of nitrogens with two attached hydrogens (primary N) is 9. The Balaban J connectivity index is 0.000000131. The van der Waals surface area contributed by atoms with Gasteiger partial charge in [-0.05, 0) is 319 Å². The molecule has 15 aromatic rings. The Morgan fingerprint density at radius 1 is 0.381 bits per heavy atom. The summed E-state index contributed by atoms with van der Waals surface area (Å²) in [5.74, 6) is 6.49. The first-order chi connectivity index (χ1) is 70.6. The third-order valence-corrected chi connectivity index (χ3v) is 26.5. The number of nitrogens with one attached hydrogen (secondary N) is 2.